The van der Waals surface area contributed by atoms with Crippen molar-refractivity contribution in [2.24, 2.45) is 0 Å². The molecule has 6 heteroatoms. The fourth-order valence-electron chi connectivity index (χ4n) is 0.785. The van der Waals surface area contributed by atoms with Crippen molar-refractivity contribution in [1.82, 2.24) is 9.78 Å². The van der Waals surface area contributed by atoms with Gasteiger partial charge in [-0.05, 0) is 0 Å². The van der Waals surface area contributed by atoms with Crippen molar-refractivity contribution < 1.29 is 13.2 Å². The van der Waals surface area contributed by atoms with Crippen LogP contribution < -0.4 is 0 Å². The van der Waals surface area contributed by atoms with Gasteiger partial charge in [-0.3, -0.25) is 4.68 Å². The van der Waals surface area contributed by atoms with Gasteiger partial charge >= 0.3 is 6.18 Å². The lowest BCUT2D eigenvalue weighted by Gasteiger charge is -2.04. The van der Waals surface area contributed by atoms with E-state index in [0.717, 1.165) is 4.68 Å². The summed E-state index contributed by atoms with van der Waals surface area (Å²) in [5.41, 5.74) is 0.266. The second-order valence-corrected chi connectivity index (χ2v) is 2.47. The predicted molar refractivity (Wildman–Crippen MR) is 37.6 cm³/mol. The molecule has 0 aliphatic heterocycles. The Balaban J connectivity index is 2.52. The molecule has 0 saturated carbocycles. The summed E-state index contributed by atoms with van der Waals surface area (Å²) in [7, 11) is 0. The average Bonchev–Trinajstić information content (AvgIpc) is 2.47. The number of hydrogen-bond donors (Lipinski definition) is 0. The summed E-state index contributed by atoms with van der Waals surface area (Å²) in [6.45, 7) is -0.245. The fourth-order valence-corrected chi connectivity index (χ4v) is 0.785. The number of alkyl halides is 3. The van der Waals surface area contributed by atoms with Gasteiger partial charge in [-0.15, -0.1) is 0 Å². The van der Waals surface area contributed by atoms with Crippen LogP contribution >= 0.6 is 0 Å². The van der Waals surface area contributed by atoms with Gasteiger partial charge in [0.2, 0.25) is 0 Å². The maximum atomic E-state index is 11.7. The predicted octanol–water partition coefficient (Wildman–Crippen LogP) is 1.71. The summed E-state index contributed by atoms with van der Waals surface area (Å²) < 4.78 is 36.3. The molecule has 1 heterocycles. The van der Waals surface area contributed by atoms with E-state index in [1.165, 1.54) is 12.4 Å². The second kappa shape index (κ2) is 3.47. The number of nitrogens with zero attached hydrogens (tertiary/aromatic N) is 3. The molecule has 0 saturated heterocycles. The lowest BCUT2D eigenvalue weighted by molar-refractivity contribution is -0.137. The van der Waals surface area contributed by atoms with Crippen LogP contribution in [0.2, 0.25) is 0 Å². The maximum absolute atomic E-state index is 11.7. The van der Waals surface area contributed by atoms with Gasteiger partial charge in [-0.25, -0.2) is 0 Å². The van der Waals surface area contributed by atoms with Crippen LogP contribution in [-0.2, 0) is 6.54 Å². The molecule has 0 aliphatic carbocycles. The summed E-state index contributed by atoms with van der Waals surface area (Å²) in [5, 5.41) is 11.9. The third kappa shape index (κ3) is 3.15. The van der Waals surface area contributed by atoms with Gasteiger partial charge in [0.25, 0.3) is 0 Å². The Labute approximate surface area is 72.4 Å². The molecule has 1 rings (SSSR count). The van der Waals surface area contributed by atoms with Crippen LogP contribution in [0, 0.1) is 11.3 Å². The fraction of sp³-hybridized carbons (Fsp3) is 0.429. The van der Waals surface area contributed by atoms with Crippen LogP contribution in [-0.4, -0.2) is 16.0 Å². The van der Waals surface area contributed by atoms with Crippen LogP contribution in [0.1, 0.15) is 12.0 Å². The van der Waals surface area contributed by atoms with E-state index < -0.39 is 12.6 Å². The highest BCUT2D eigenvalue weighted by Gasteiger charge is 2.26. The zero-order valence-electron chi connectivity index (χ0n) is 6.54. The average molecular weight is 189 g/mol. The molecule has 70 valence electrons. The molecule has 0 fully saturated rings. The third-order valence-corrected chi connectivity index (χ3v) is 1.39. The summed E-state index contributed by atoms with van der Waals surface area (Å²) in [6, 6.07) is 1.78. The minimum Gasteiger partial charge on any atom is -0.271 e. The van der Waals surface area contributed by atoms with Crippen molar-refractivity contribution in [1.29, 1.82) is 5.26 Å². The van der Waals surface area contributed by atoms with Crippen molar-refractivity contribution in [3.63, 3.8) is 0 Å². The zero-order valence-corrected chi connectivity index (χ0v) is 6.54. The van der Waals surface area contributed by atoms with Crippen molar-refractivity contribution in [3.8, 4) is 6.07 Å². The smallest absolute Gasteiger partial charge is 0.271 e. The van der Waals surface area contributed by atoms with E-state index in [1.807, 2.05) is 0 Å². The van der Waals surface area contributed by atoms with Crippen molar-refractivity contribution in [3.05, 3.63) is 18.0 Å². The Morgan fingerprint density at radius 1 is 1.54 bits per heavy atom. The Hall–Kier alpha value is -1.51. The topological polar surface area (TPSA) is 41.6 Å². The molecule has 3 nitrogen and oxygen atoms in total. The van der Waals surface area contributed by atoms with Gasteiger partial charge in [0.15, 0.2) is 0 Å². The van der Waals surface area contributed by atoms with Gasteiger partial charge in [0.05, 0.1) is 18.2 Å². The summed E-state index contributed by atoms with van der Waals surface area (Å²) >= 11 is 0. The van der Waals surface area contributed by atoms with E-state index in [2.05, 4.69) is 5.10 Å². The Morgan fingerprint density at radius 3 is 2.69 bits per heavy atom. The molecule has 0 unspecified atom stereocenters. The lowest BCUT2D eigenvalue weighted by atomic mass is 10.4. The molecule has 0 amide bonds. The van der Waals surface area contributed by atoms with Gasteiger partial charge in [0.1, 0.15) is 6.07 Å². The number of rotatable bonds is 2. The summed E-state index contributed by atoms with van der Waals surface area (Å²) in [5.74, 6) is 0. The van der Waals surface area contributed by atoms with E-state index in [4.69, 9.17) is 5.26 Å². The van der Waals surface area contributed by atoms with E-state index in [1.54, 1.807) is 6.07 Å². The van der Waals surface area contributed by atoms with Crippen molar-refractivity contribution >= 4 is 0 Å². The normalized spacial score (nSPS) is 11.2. The zero-order chi connectivity index (χ0) is 9.90. The molecular weight excluding hydrogens is 183 g/mol. The number of aryl methyl sites for hydroxylation is 1. The Morgan fingerprint density at radius 2 is 2.23 bits per heavy atom. The minimum atomic E-state index is -4.18. The third-order valence-electron chi connectivity index (χ3n) is 1.39. The van der Waals surface area contributed by atoms with Gasteiger partial charge in [0, 0.05) is 12.7 Å². The van der Waals surface area contributed by atoms with Crippen LogP contribution in [0.3, 0.4) is 0 Å². The Bertz CT molecular complexity index is 320. The molecular formula is C7H6F3N3. The molecule has 13 heavy (non-hydrogen) atoms. The first-order valence-corrected chi connectivity index (χ1v) is 3.50. The number of aromatic nitrogens is 2. The molecule has 1 aromatic rings. The van der Waals surface area contributed by atoms with E-state index in [9.17, 15) is 13.2 Å². The van der Waals surface area contributed by atoms with Gasteiger partial charge < -0.3 is 0 Å². The molecule has 0 bridgehead atoms. The highest BCUT2D eigenvalue weighted by molar-refractivity contribution is 5.21. The molecule has 0 aromatic carbocycles. The minimum absolute atomic E-state index is 0.245. The lowest BCUT2D eigenvalue weighted by Crippen LogP contribution is -2.12. The quantitative estimate of drug-likeness (QED) is 0.710. The van der Waals surface area contributed by atoms with E-state index >= 15 is 0 Å². The highest BCUT2D eigenvalue weighted by atomic mass is 19.4. The molecule has 0 atom stereocenters. The number of nitriles is 1. The summed E-state index contributed by atoms with van der Waals surface area (Å²) in [4.78, 5) is 0. The largest absolute Gasteiger partial charge is 0.390 e. The van der Waals surface area contributed by atoms with Crippen LogP contribution in [0.25, 0.3) is 0 Å². The van der Waals surface area contributed by atoms with E-state index in [0.29, 0.717) is 0 Å². The Kier molecular flexibility index (Phi) is 2.56. The first kappa shape index (κ1) is 9.58. The van der Waals surface area contributed by atoms with Crippen LogP contribution in [0.15, 0.2) is 12.4 Å². The standard InChI is InChI=1S/C7H6F3N3/c8-7(9,10)1-2-13-5-6(3-11)4-12-13/h4-5H,1-2H2. The molecule has 0 N–H and O–H groups in total. The van der Waals surface area contributed by atoms with Crippen molar-refractivity contribution in [2.75, 3.05) is 0 Å². The first-order valence-electron chi connectivity index (χ1n) is 3.50. The summed E-state index contributed by atoms with van der Waals surface area (Å²) in [6.07, 6.45) is -2.60. The van der Waals surface area contributed by atoms with Crippen LogP contribution in [0.5, 0.6) is 0 Å². The monoisotopic (exact) mass is 189 g/mol. The number of halogens is 3. The molecule has 1 aromatic heterocycles. The van der Waals surface area contributed by atoms with Gasteiger partial charge in [-0.2, -0.15) is 23.5 Å². The number of hydrogen-bond acceptors (Lipinski definition) is 2. The first-order chi connectivity index (χ1) is 6.01. The van der Waals surface area contributed by atoms with Crippen LogP contribution in [0.4, 0.5) is 13.2 Å². The van der Waals surface area contributed by atoms with E-state index in [-0.39, 0.29) is 12.1 Å². The highest BCUT2D eigenvalue weighted by Crippen LogP contribution is 2.19. The SMILES string of the molecule is N#Cc1cnn(CCC(F)(F)F)c1. The van der Waals surface area contributed by atoms with Crippen molar-refractivity contribution in [2.45, 2.75) is 19.1 Å². The maximum Gasteiger partial charge on any atom is 0.390 e. The molecule has 0 spiro atoms. The second-order valence-electron chi connectivity index (χ2n) is 2.47. The molecule has 0 radical (unpaired) electrons. The van der Waals surface area contributed by atoms with Gasteiger partial charge in [-0.1, -0.05) is 0 Å². The molecule has 0 aliphatic rings.